The van der Waals surface area contributed by atoms with Gasteiger partial charge in [0.1, 0.15) is 0 Å². The topological polar surface area (TPSA) is 0 Å². The standard InChI is InChI=1S/C16H30B.Li/c1-3-7-11-15(12-8-4-1)17-16-13-9-5-2-6-10-14-16;/h15-16H,1-14H2;/q-1;+1. The fourth-order valence-electron chi connectivity index (χ4n) is 3.75. The Balaban J connectivity index is 0.00000162. The average molecular weight is 240 g/mol. The number of hydrogen-bond acceptors (Lipinski definition) is 0. The van der Waals surface area contributed by atoms with Crippen LogP contribution in [0.5, 0.6) is 0 Å². The molecule has 2 fully saturated rings. The number of rotatable bonds is 2. The van der Waals surface area contributed by atoms with Gasteiger partial charge in [-0.25, -0.2) is 11.6 Å². The summed E-state index contributed by atoms with van der Waals surface area (Å²) in [5.74, 6) is 1.94. The van der Waals surface area contributed by atoms with E-state index in [9.17, 15) is 0 Å². The maximum absolute atomic E-state index is 2.79. The van der Waals surface area contributed by atoms with Gasteiger partial charge in [-0.05, 0) is 0 Å². The van der Waals surface area contributed by atoms with E-state index in [1.807, 2.05) is 0 Å². The molecule has 0 heterocycles. The van der Waals surface area contributed by atoms with E-state index in [1.54, 1.807) is 0 Å². The van der Waals surface area contributed by atoms with Crippen molar-refractivity contribution in [1.82, 2.24) is 0 Å². The minimum absolute atomic E-state index is 0. The van der Waals surface area contributed by atoms with Crippen LogP contribution in [0, 0.1) is 0 Å². The van der Waals surface area contributed by atoms with Gasteiger partial charge in [-0.1, -0.05) is 89.9 Å². The van der Waals surface area contributed by atoms with E-state index in [2.05, 4.69) is 7.28 Å². The molecule has 0 amide bonds. The first kappa shape index (κ1) is 16.7. The maximum atomic E-state index is 2.79. The van der Waals surface area contributed by atoms with Crippen LogP contribution in [0.1, 0.15) is 89.9 Å². The first-order valence-electron chi connectivity index (χ1n) is 8.30. The predicted octanol–water partition coefficient (Wildman–Crippen LogP) is 2.76. The van der Waals surface area contributed by atoms with Crippen LogP contribution in [-0.4, -0.2) is 7.28 Å². The van der Waals surface area contributed by atoms with Crippen LogP contribution in [0.3, 0.4) is 0 Å². The zero-order valence-electron chi connectivity index (χ0n) is 12.6. The quantitative estimate of drug-likeness (QED) is 0.651. The minimum Gasteiger partial charge on any atom is -0.328 e. The maximum Gasteiger partial charge on any atom is 1.00 e. The Labute approximate surface area is 127 Å². The van der Waals surface area contributed by atoms with Crippen molar-refractivity contribution in [3.8, 4) is 0 Å². The van der Waals surface area contributed by atoms with Crippen molar-refractivity contribution < 1.29 is 18.9 Å². The predicted molar refractivity (Wildman–Crippen MR) is 77.9 cm³/mol. The molecular formula is C16H30BLi. The summed E-state index contributed by atoms with van der Waals surface area (Å²) in [7, 11) is 2.79. The zero-order chi connectivity index (χ0) is 11.8. The van der Waals surface area contributed by atoms with Crippen molar-refractivity contribution in [3.05, 3.63) is 0 Å². The summed E-state index contributed by atoms with van der Waals surface area (Å²) in [6, 6.07) is 0. The summed E-state index contributed by atoms with van der Waals surface area (Å²) in [6.45, 7) is 0. The summed E-state index contributed by atoms with van der Waals surface area (Å²) in [6.07, 6.45) is 20.9. The largest absolute Gasteiger partial charge is 1.00 e. The molecule has 0 unspecified atom stereocenters. The van der Waals surface area contributed by atoms with Gasteiger partial charge in [0.25, 0.3) is 0 Å². The molecule has 0 saturated heterocycles. The smallest absolute Gasteiger partial charge is 0.328 e. The van der Waals surface area contributed by atoms with Gasteiger partial charge in [0.15, 0.2) is 0 Å². The normalized spacial score (nSPS) is 25.3. The summed E-state index contributed by atoms with van der Waals surface area (Å²) in [5.41, 5.74) is 0. The molecule has 2 radical (unpaired) electrons. The van der Waals surface area contributed by atoms with Crippen LogP contribution in [-0.2, 0) is 0 Å². The SMILES string of the molecule is [B-](C1CCCCCCC1)C1CCCCCCC1.[Li+]. The van der Waals surface area contributed by atoms with Crippen molar-refractivity contribution in [1.29, 1.82) is 0 Å². The van der Waals surface area contributed by atoms with Crippen molar-refractivity contribution in [2.24, 2.45) is 0 Å². The molecule has 18 heavy (non-hydrogen) atoms. The molecule has 2 aliphatic rings. The van der Waals surface area contributed by atoms with Gasteiger partial charge in [0, 0.05) is 0 Å². The van der Waals surface area contributed by atoms with E-state index in [4.69, 9.17) is 0 Å². The molecule has 2 rings (SSSR count). The third-order valence-corrected chi connectivity index (χ3v) is 4.84. The van der Waals surface area contributed by atoms with Crippen molar-refractivity contribution >= 4 is 7.28 Å². The second-order valence-corrected chi connectivity index (χ2v) is 6.40. The monoisotopic (exact) mass is 240 g/mol. The Morgan fingerprint density at radius 1 is 0.444 bits per heavy atom. The Hall–Kier alpha value is 0.662. The van der Waals surface area contributed by atoms with Crippen molar-refractivity contribution in [2.45, 2.75) is 102 Å². The van der Waals surface area contributed by atoms with Crippen LogP contribution < -0.4 is 18.9 Å². The zero-order valence-corrected chi connectivity index (χ0v) is 12.6. The van der Waals surface area contributed by atoms with Crippen molar-refractivity contribution in [2.75, 3.05) is 0 Å². The van der Waals surface area contributed by atoms with Crippen LogP contribution in [0.15, 0.2) is 0 Å². The summed E-state index contributed by atoms with van der Waals surface area (Å²) in [4.78, 5) is 0. The molecule has 0 aliphatic heterocycles. The van der Waals surface area contributed by atoms with Crippen LogP contribution in [0.4, 0.5) is 0 Å². The molecule has 0 bridgehead atoms. The fourth-order valence-corrected chi connectivity index (χ4v) is 3.75. The van der Waals surface area contributed by atoms with Crippen LogP contribution in [0.2, 0.25) is 11.6 Å². The fraction of sp³-hybridized carbons (Fsp3) is 1.00. The van der Waals surface area contributed by atoms with Gasteiger partial charge >= 0.3 is 18.9 Å². The van der Waals surface area contributed by atoms with Gasteiger partial charge in [0.2, 0.25) is 0 Å². The summed E-state index contributed by atoms with van der Waals surface area (Å²) < 4.78 is 0. The van der Waals surface area contributed by atoms with E-state index < -0.39 is 0 Å². The first-order chi connectivity index (χ1) is 8.45. The Bertz CT molecular complexity index is 160. The summed E-state index contributed by atoms with van der Waals surface area (Å²) >= 11 is 0. The molecular weight excluding hydrogens is 210 g/mol. The number of hydrogen-bond donors (Lipinski definition) is 0. The molecule has 0 aromatic rings. The molecule has 0 aromatic heterocycles. The molecule has 2 saturated carbocycles. The van der Waals surface area contributed by atoms with Gasteiger partial charge in [-0.2, -0.15) is 0 Å². The van der Waals surface area contributed by atoms with Gasteiger partial charge < -0.3 is 7.28 Å². The van der Waals surface area contributed by atoms with Crippen LogP contribution >= 0.6 is 0 Å². The third kappa shape index (κ3) is 6.72. The second-order valence-electron chi connectivity index (χ2n) is 6.40. The van der Waals surface area contributed by atoms with E-state index in [0.29, 0.717) is 0 Å². The third-order valence-electron chi connectivity index (χ3n) is 4.84. The average Bonchev–Trinajstić information content (AvgIpc) is 2.24. The summed E-state index contributed by atoms with van der Waals surface area (Å²) in [5, 5.41) is 0. The Morgan fingerprint density at radius 3 is 1.06 bits per heavy atom. The second kappa shape index (κ2) is 10.4. The first-order valence-corrected chi connectivity index (χ1v) is 8.30. The molecule has 0 nitrogen and oxygen atoms in total. The van der Waals surface area contributed by atoms with Gasteiger partial charge in [0.05, 0.1) is 0 Å². The Morgan fingerprint density at radius 2 is 0.722 bits per heavy atom. The van der Waals surface area contributed by atoms with Gasteiger partial charge in [-0.15, -0.1) is 0 Å². The molecule has 98 valence electrons. The van der Waals surface area contributed by atoms with Crippen molar-refractivity contribution in [3.63, 3.8) is 0 Å². The molecule has 0 atom stereocenters. The molecule has 2 heteroatoms. The van der Waals surface area contributed by atoms with E-state index in [1.165, 1.54) is 89.9 Å². The molecule has 0 aromatic carbocycles. The van der Waals surface area contributed by atoms with E-state index >= 15 is 0 Å². The molecule has 0 spiro atoms. The molecule has 0 N–H and O–H groups in total. The van der Waals surface area contributed by atoms with Crippen LogP contribution in [0.25, 0.3) is 0 Å². The van der Waals surface area contributed by atoms with E-state index in [-0.39, 0.29) is 18.9 Å². The minimum atomic E-state index is 0. The Kier molecular flexibility index (Phi) is 9.70. The molecule has 2 aliphatic carbocycles. The van der Waals surface area contributed by atoms with Gasteiger partial charge in [-0.3, -0.25) is 0 Å². The van der Waals surface area contributed by atoms with E-state index in [0.717, 1.165) is 11.6 Å².